The molecule has 6 heteroatoms. The molecule has 0 unspecified atom stereocenters. The Morgan fingerprint density at radius 3 is 2.72 bits per heavy atom. The second-order valence-corrected chi connectivity index (χ2v) is 3.56. The summed E-state index contributed by atoms with van der Waals surface area (Å²) in [4.78, 5) is 4.23. The van der Waals surface area contributed by atoms with E-state index >= 15 is 0 Å². The summed E-state index contributed by atoms with van der Waals surface area (Å²) in [6.45, 7) is 3.94. The molecule has 100 valence electrons. The highest BCUT2D eigenvalue weighted by Gasteiger charge is 1.98. The number of hydrogen-bond donors (Lipinski definition) is 3. The van der Waals surface area contributed by atoms with Gasteiger partial charge in [0.2, 0.25) is 5.96 Å². The van der Waals surface area contributed by atoms with E-state index < -0.39 is 0 Å². The van der Waals surface area contributed by atoms with Gasteiger partial charge >= 0.3 is 0 Å². The van der Waals surface area contributed by atoms with Crippen molar-refractivity contribution in [3.63, 3.8) is 0 Å². The number of rotatable bonds is 6. The average molecular weight is 254 g/mol. The van der Waals surface area contributed by atoms with Crippen molar-refractivity contribution < 1.29 is 9.13 Å². The number of nitrogens with one attached hydrogen (secondary N) is 2. The Labute approximate surface area is 106 Å². The molecule has 5 nitrogen and oxygen atoms in total. The number of hydrogen-bond acceptors (Lipinski definition) is 3. The van der Waals surface area contributed by atoms with Crippen LogP contribution in [0.25, 0.3) is 0 Å². The Morgan fingerprint density at radius 2 is 2.11 bits per heavy atom. The van der Waals surface area contributed by atoms with Crippen LogP contribution in [0.4, 0.5) is 10.1 Å². The summed E-state index contributed by atoms with van der Waals surface area (Å²) in [5.74, 6) is 5.50. The van der Waals surface area contributed by atoms with Crippen LogP contribution in [-0.4, -0.2) is 25.7 Å². The first kappa shape index (κ1) is 14.4. The van der Waals surface area contributed by atoms with Crippen molar-refractivity contribution in [3.8, 4) is 0 Å². The molecule has 4 N–H and O–H groups in total. The van der Waals surface area contributed by atoms with Gasteiger partial charge in [0, 0.05) is 25.4 Å². The first-order chi connectivity index (χ1) is 8.76. The molecular formula is C12H19FN4O. The van der Waals surface area contributed by atoms with Gasteiger partial charge < -0.3 is 10.1 Å². The summed E-state index contributed by atoms with van der Waals surface area (Å²) in [6, 6.07) is 5.96. The standard InChI is InChI=1S/C12H19FN4O/c1-2-18-9-3-8-15-12(17-14)16-11-6-4-10(13)5-7-11/h4-7H,2-3,8-9,14H2,1H3,(H2,15,16,17). The molecule has 18 heavy (non-hydrogen) atoms. The lowest BCUT2D eigenvalue weighted by Gasteiger charge is -2.09. The van der Waals surface area contributed by atoms with Crippen LogP contribution in [0.2, 0.25) is 0 Å². The molecule has 0 bridgehead atoms. The van der Waals surface area contributed by atoms with Gasteiger partial charge in [-0.25, -0.2) is 10.2 Å². The lowest BCUT2D eigenvalue weighted by molar-refractivity contribution is 0.146. The molecule has 1 aromatic rings. The van der Waals surface area contributed by atoms with E-state index in [0.29, 0.717) is 25.7 Å². The number of ether oxygens (including phenoxy) is 1. The second-order valence-electron chi connectivity index (χ2n) is 3.56. The van der Waals surface area contributed by atoms with E-state index in [2.05, 4.69) is 15.7 Å². The number of benzene rings is 1. The third kappa shape index (κ3) is 5.60. The van der Waals surface area contributed by atoms with E-state index in [1.165, 1.54) is 12.1 Å². The average Bonchev–Trinajstić information content (AvgIpc) is 2.39. The first-order valence-corrected chi connectivity index (χ1v) is 5.87. The highest BCUT2D eigenvalue weighted by atomic mass is 19.1. The lowest BCUT2D eigenvalue weighted by Crippen LogP contribution is -2.36. The third-order valence-electron chi connectivity index (χ3n) is 2.16. The molecule has 0 aliphatic rings. The van der Waals surface area contributed by atoms with E-state index in [1.54, 1.807) is 12.1 Å². The Balaban J connectivity index is 2.40. The number of anilines is 1. The van der Waals surface area contributed by atoms with E-state index in [0.717, 1.165) is 12.1 Å². The van der Waals surface area contributed by atoms with Crippen molar-refractivity contribution in [3.05, 3.63) is 30.1 Å². The number of nitrogens with two attached hydrogens (primary N) is 1. The topological polar surface area (TPSA) is 71.7 Å². The minimum Gasteiger partial charge on any atom is -0.382 e. The summed E-state index contributed by atoms with van der Waals surface area (Å²) in [7, 11) is 0. The van der Waals surface area contributed by atoms with Crippen LogP contribution in [0, 0.1) is 5.82 Å². The molecule has 0 spiro atoms. The molecule has 0 fully saturated rings. The largest absolute Gasteiger partial charge is 0.382 e. The number of hydrazine groups is 1. The van der Waals surface area contributed by atoms with Gasteiger partial charge in [-0.15, -0.1) is 0 Å². The number of halogens is 1. The number of aliphatic imine (C=N–C) groups is 1. The van der Waals surface area contributed by atoms with Crippen LogP contribution in [-0.2, 0) is 4.74 Å². The second kappa shape index (κ2) is 8.43. The van der Waals surface area contributed by atoms with Gasteiger partial charge in [-0.1, -0.05) is 0 Å². The van der Waals surface area contributed by atoms with Crippen LogP contribution in [0.3, 0.4) is 0 Å². The van der Waals surface area contributed by atoms with Crippen molar-refractivity contribution >= 4 is 11.6 Å². The summed E-state index contributed by atoms with van der Waals surface area (Å²) in [5.41, 5.74) is 3.18. The van der Waals surface area contributed by atoms with Gasteiger partial charge in [0.05, 0.1) is 0 Å². The maximum absolute atomic E-state index is 12.7. The van der Waals surface area contributed by atoms with E-state index in [-0.39, 0.29) is 5.82 Å². The first-order valence-electron chi connectivity index (χ1n) is 5.87. The molecule has 1 aromatic carbocycles. The zero-order chi connectivity index (χ0) is 13.2. The molecule has 1 rings (SSSR count). The molecule has 0 saturated heterocycles. The molecule has 0 saturated carbocycles. The van der Waals surface area contributed by atoms with Crippen LogP contribution in [0.15, 0.2) is 29.3 Å². The van der Waals surface area contributed by atoms with Crippen molar-refractivity contribution in [2.45, 2.75) is 13.3 Å². The van der Waals surface area contributed by atoms with Crippen LogP contribution in [0.5, 0.6) is 0 Å². The van der Waals surface area contributed by atoms with Crippen LogP contribution in [0.1, 0.15) is 13.3 Å². The Hall–Kier alpha value is -1.66. The number of nitrogens with zero attached hydrogens (tertiary/aromatic N) is 1. The highest BCUT2D eigenvalue weighted by Crippen LogP contribution is 2.07. The van der Waals surface area contributed by atoms with Crippen molar-refractivity contribution in [1.29, 1.82) is 0 Å². The zero-order valence-electron chi connectivity index (χ0n) is 10.4. The van der Waals surface area contributed by atoms with E-state index in [4.69, 9.17) is 10.6 Å². The predicted octanol–water partition coefficient (Wildman–Crippen LogP) is 1.48. The molecule has 0 amide bonds. The summed E-state index contributed by atoms with van der Waals surface area (Å²) in [5, 5.41) is 2.95. The highest BCUT2D eigenvalue weighted by molar-refractivity contribution is 5.93. The van der Waals surface area contributed by atoms with Crippen molar-refractivity contribution in [2.75, 3.05) is 25.1 Å². The molecule has 0 heterocycles. The summed E-state index contributed by atoms with van der Waals surface area (Å²) in [6.07, 6.45) is 0.824. The fraction of sp³-hybridized carbons (Fsp3) is 0.417. The Morgan fingerprint density at radius 1 is 1.39 bits per heavy atom. The van der Waals surface area contributed by atoms with Crippen LogP contribution >= 0.6 is 0 Å². The molecule has 0 radical (unpaired) electrons. The smallest absolute Gasteiger partial charge is 0.210 e. The van der Waals surface area contributed by atoms with Crippen LogP contribution < -0.4 is 16.6 Å². The number of guanidine groups is 1. The van der Waals surface area contributed by atoms with Gasteiger partial charge in [-0.05, 0) is 37.6 Å². The summed E-state index contributed by atoms with van der Waals surface area (Å²) >= 11 is 0. The predicted molar refractivity (Wildman–Crippen MR) is 70.8 cm³/mol. The molecule has 0 aliphatic carbocycles. The van der Waals surface area contributed by atoms with Gasteiger partial charge in [-0.3, -0.25) is 10.4 Å². The third-order valence-corrected chi connectivity index (χ3v) is 2.16. The molecule has 0 aliphatic heterocycles. The van der Waals surface area contributed by atoms with Crippen molar-refractivity contribution in [2.24, 2.45) is 10.8 Å². The monoisotopic (exact) mass is 254 g/mol. The minimum absolute atomic E-state index is 0.281. The lowest BCUT2D eigenvalue weighted by atomic mass is 10.3. The minimum atomic E-state index is -0.281. The normalized spacial score (nSPS) is 11.4. The van der Waals surface area contributed by atoms with Gasteiger partial charge in [0.1, 0.15) is 5.82 Å². The fourth-order valence-electron chi connectivity index (χ4n) is 1.29. The zero-order valence-corrected chi connectivity index (χ0v) is 10.4. The Bertz CT molecular complexity index is 367. The van der Waals surface area contributed by atoms with Gasteiger partial charge in [-0.2, -0.15) is 0 Å². The van der Waals surface area contributed by atoms with Gasteiger partial charge in [0.15, 0.2) is 0 Å². The maximum Gasteiger partial charge on any atom is 0.210 e. The maximum atomic E-state index is 12.7. The van der Waals surface area contributed by atoms with E-state index in [9.17, 15) is 4.39 Å². The SMILES string of the molecule is CCOCCCN=C(NN)Nc1ccc(F)cc1. The fourth-order valence-corrected chi connectivity index (χ4v) is 1.29. The molecule has 0 aromatic heterocycles. The molecular weight excluding hydrogens is 235 g/mol. The van der Waals surface area contributed by atoms with E-state index in [1.807, 2.05) is 6.92 Å². The Kier molecular flexibility index (Phi) is 6.75. The molecule has 0 atom stereocenters. The van der Waals surface area contributed by atoms with Gasteiger partial charge in [0.25, 0.3) is 0 Å². The quantitative estimate of drug-likeness (QED) is 0.236. The van der Waals surface area contributed by atoms with Crippen molar-refractivity contribution in [1.82, 2.24) is 5.43 Å². The summed E-state index contributed by atoms with van der Waals surface area (Å²) < 4.78 is 17.9.